The van der Waals surface area contributed by atoms with Gasteiger partial charge >= 0.3 is 0 Å². The zero-order valence-electron chi connectivity index (χ0n) is 15.9. The molecule has 2 aromatic heterocycles. The number of amides is 1. The summed E-state index contributed by atoms with van der Waals surface area (Å²) in [6.07, 6.45) is 3.31. The van der Waals surface area contributed by atoms with Gasteiger partial charge in [-0.25, -0.2) is 0 Å². The van der Waals surface area contributed by atoms with Crippen LogP contribution in [-0.2, 0) is 11.3 Å². The van der Waals surface area contributed by atoms with E-state index >= 15 is 0 Å². The number of carbonyl (C=O) groups excluding carboxylic acids is 1. The van der Waals surface area contributed by atoms with E-state index in [-0.39, 0.29) is 11.8 Å². The van der Waals surface area contributed by atoms with Crippen molar-refractivity contribution in [2.75, 3.05) is 6.54 Å². The molecule has 0 aliphatic carbocycles. The summed E-state index contributed by atoms with van der Waals surface area (Å²) in [6, 6.07) is 12.6. The molecule has 5 heteroatoms. The minimum atomic E-state index is -0.0505. The molecule has 0 spiro atoms. The molecular formula is C23H21ClN2OS. The molecule has 0 saturated carbocycles. The molecule has 1 aromatic carbocycles. The highest BCUT2D eigenvalue weighted by molar-refractivity contribution is 7.16. The monoisotopic (exact) mass is 408 g/mol. The smallest absolute Gasteiger partial charge is 0.246 e. The maximum Gasteiger partial charge on any atom is 0.246 e. The number of fused-ring (bicyclic) bond motifs is 1. The number of benzene rings is 1. The van der Waals surface area contributed by atoms with E-state index in [0.717, 1.165) is 26.0 Å². The largest absolute Gasteiger partial charge is 0.333 e. The molecule has 3 aromatic rings. The van der Waals surface area contributed by atoms with Crippen LogP contribution in [0.1, 0.15) is 33.2 Å². The van der Waals surface area contributed by atoms with Gasteiger partial charge < -0.3 is 4.90 Å². The third-order valence-corrected chi connectivity index (χ3v) is 6.66. The van der Waals surface area contributed by atoms with E-state index in [1.807, 2.05) is 24.1 Å². The first-order chi connectivity index (χ1) is 13.5. The Morgan fingerprint density at radius 1 is 1.29 bits per heavy atom. The van der Waals surface area contributed by atoms with Crippen LogP contribution in [0.5, 0.6) is 0 Å². The summed E-state index contributed by atoms with van der Waals surface area (Å²) in [4.78, 5) is 19.9. The Morgan fingerprint density at radius 3 is 2.82 bits per heavy atom. The minimum absolute atomic E-state index is 0.0505. The van der Waals surface area contributed by atoms with Crippen molar-refractivity contribution in [2.24, 2.45) is 0 Å². The van der Waals surface area contributed by atoms with Crippen LogP contribution in [0.3, 0.4) is 0 Å². The molecule has 1 amide bonds. The summed E-state index contributed by atoms with van der Waals surface area (Å²) >= 11 is 7.90. The Morgan fingerprint density at radius 2 is 2.07 bits per heavy atom. The first-order valence-electron chi connectivity index (χ1n) is 9.20. The van der Waals surface area contributed by atoms with Crippen molar-refractivity contribution in [2.45, 2.75) is 26.3 Å². The van der Waals surface area contributed by atoms with E-state index in [1.165, 1.54) is 22.8 Å². The van der Waals surface area contributed by atoms with Crippen LogP contribution < -0.4 is 0 Å². The van der Waals surface area contributed by atoms with Gasteiger partial charge in [0.1, 0.15) is 0 Å². The number of carbonyl (C=O) groups is 1. The number of thiophene rings is 1. The summed E-state index contributed by atoms with van der Waals surface area (Å²) in [5, 5.41) is 0. The minimum Gasteiger partial charge on any atom is -0.333 e. The van der Waals surface area contributed by atoms with Crippen molar-refractivity contribution in [3.8, 4) is 11.1 Å². The summed E-state index contributed by atoms with van der Waals surface area (Å²) in [7, 11) is 0. The number of rotatable bonds is 3. The Balaban J connectivity index is 1.85. The normalized spacial score (nSPS) is 16.0. The predicted octanol–water partition coefficient (Wildman–Crippen LogP) is 5.74. The molecule has 1 atom stereocenters. The lowest BCUT2D eigenvalue weighted by Crippen LogP contribution is -2.37. The maximum atomic E-state index is 12.4. The van der Waals surface area contributed by atoms with E-state index in [1.54, 1.807) is 11.3 Å². The van der Waals surface area contributed by atoms with Gasteiger partial charge in [0.25, 0.3) is 0 Å². The van der Waals surface area contributed by atoms with Crippen molar-refractivity contribution in [3.63, 3.8) is 0 Å². The molecule has 4 rings (SSSR count). The van der Waals surface area contributed by atoms with E-state index < -0.39 is 0 Å². The van der Waals surface area contributed by atoms with Gasteiger partial charge in [0.15, 0.2) is 0 Å². The molecule has 0 bridgehead atoms. The van der Waals surface area contributed by atoms with Crippen LogP contribution in [-0.4, -0.2) is 22.3 Å². The fourth-order valence-corrected chi connectivity index (χ4v) is 5.16. The molecule has 1 aliphatic heterocycles. The standard InChI is InChI=1S/C23H21ClN2OS/c1-4-23(27)26-12-20(19-10-22(24)28-21(19)13-26)18-8-6-5-7-17(18)16-9-14(2)15(3)25-11-16/h4-11,20H,1,12-13H2,2-3H3/t20-/m0/s1. The van der Waals surface area contributed by atoms with Crippen molar-refractivity contribution >= 4 is 28.8 Å². The number of pyridine rings is 1. The number of hydrogen-bond donors (Lipinski definition) is 0. The van der Waals surface area contributed by atoms with Crippen LogP contribution in [0.2, 0.25) is 4.34 Å². The van der Waals surface area contributed by atoms with Crippen LogP contribution in [0.15, 0.2) is 55.3 Å². The highest BCUT2D eigenvalue weighted by Gasteiger charge is 2.31. The Kier molecular flexibility index (Phi) is 5.09. The average Bonchev–Trinajstić information content (AvgIpc) is 3.08. The first-order valence-corrected chi connectivity index (χ1v) is 10.4. The fourth-order valence-electron chi connectivity index (χ4n) is 3.80. The first kappa shape index (κ1) is 18.9. The average molecular weight is 409 g/mol. The molecule has 0 fully saturated rings. The van der Waals surface area contributed by atoms with Crippen LogP contribution in [0, 0.1) is 13.8 Å². The van der Waals surface area contributed by atoms with Gasteiger partial charge in [-0.15, -0.1) is 11.3 Å². The maximum absolute atomic E-state index is 12.4. The van der Waals surface area contributed by atoms with E-state index in [0.29, 0.717) is 13.1 Å². The van der Waals surface area contributed by atoms with Gasteiger partial charge in [-0.1, -0.05) is 42.4 Å². The zero-order valence-corrected chi connectivity index (χ0v) is 17.5. The van der Waals surface area contributed by atoms with E-state index in [2.05, 4.69) is 48.8 Å². The van der Waals surface area contributed by atoms with Gasteiger partial charge in [0.05, 0.1) is 10.9 Å². The van der Waals surface area contributed by atoms with E-state index in [9.17, 15) is 4.79 Å². The zero-order chi connectivity index (χ0) is 19.8. The molecule has 0 N–H and O–H groups in total. The van der Waals surface area contributed by atoms with Gasteiger partial charge in [-0.05, 0) is 54.3 Å². The van der Waals surface area contributed by atoms with Crippen LogP contribution in [0.25, 0.3) is 11.1 Å². The summed E-state index contributed by atoms with van der Waals surface area (Å²) in [5.74, 6) is 0.0136. The topological polar surface area (TPSA) is 33.2 Å². The third-order valence-electron chi connectivity index (χ3n) is 5.40. The highest BCUT2D eigenvalue weighted by atomic mass is 35.5. The molecule has 1 aliphatic rings. The molecule has 3 heterocycles. The van der Waals surface area contributed by atoms with E-state index in [4.69, 9.17) is 11.6 Å². The lowest BCUT2D eigenvalue weighted by atomic mass is 9.84. The number of nitrogens with zero attached hydrogens (tertiary/aromatic N) is 2. The Labute approximate surface area is 174 Å². The molecule has 28 heavy (non-hydrogen) atoms. The van der Waals surface area contributed by atoms with Crippen molar-refractivity contribution in [3.05, 3.63) is 86.8 Å². The fraction of sp³-hybridized carbons (Fsp3) is 0.217. The van der Waals surface area contributed by atoms with Crippen molar-refractivity contribution in [1.29, 1.82) is 0 Å². The number of hydrogen-bond acceptors (Lipinski definition) is 3. The van der Waals surface area contributed by atoms with Crippen molar-refractivity contribution < 1.29 is 4.79 Å². The lowest BCUT2D eigenvalue weighted by Gasteiger charge is -2.33. The molecule has 0 radical (unpaired) electrons. The third kappa shape index (κ3) is 3.38. The predicted molar refractivity (Wildman–Crippen MR) is 116 cm³/mol. The quantitative estimate of drug-likeness (QED) is 0.517. The Bertz CT molecular complexity index is 1070. The number of aryl methyl sites for hydroxylation is 2. The van der Waals surface area contributed by atoms with Gasteiger partial charge in [0.2, 0.25) is 5.91 Å². The van der Waals surface area contributed by atoms with Crippen LogP contribution >= 0.6 is 22.9 Å². The second-order valence-electron chi connectivity index (χ2n) is 7.12. The molecule has 142 valence electrons. The number of halogens is 1. The lowest BCUT2D eigenvalue weighted by molar-refractivity contribution is -0.127. The number of aromatic nitrogens is 1. The van der Waals surface area contributed by atoms with Crippen molar-refractivity contribution in [1.82, 2.24) is 9.88 Å². The Hall–Kier alpha value is -2.43. The second kappa shape index (κ2) is 7.53. The summed E-state index contributed by atoms with van der Waals surface area (Å²) in [6.45, 7) is 8.95. The van der Waals surface area contributed by atoms with Crippen LogP contribution in [0.4, 0.5) is 0 Å². The van der Waals surface area contributed by atoms with Gasteiger partial charge in [0, 0.05) is 34.8 Å². The summed E-state index contributed by atoms with van der Waals surface area (Å²) in [5.41, 5.74) is 6.84. The van der Waals surface area contributed by atoms with Gasteiger partial charge in [-0.3, -0.25) is 9.78 Å². The molecular weight excluding hydrogens is 388 g/mol. The second-order valence-corrected chi connectivity index (χ2v) is 8.89. The van der Waals surface area contributed by atoms with Gasteiger partial charge in [-0.2, -0.15) is 0 Å². The SMILES string of the molecule is C=CC(=O)N1Cc2sc(Cl)cc2[C@H](c2ccccc2-c2cnc(C)c(C)c2)C1. The molecule has 0 unspecified atom stereocenters. The molecule has 0 saturated heterocycles. The highest BCUT2D eigenvalue weighted by Crippen LogP contribution is 2.42. The summed E-state index contributed by atoms with van der Waals surface area (Å²) < 4.78 is 0.758. The molecule has 3 nitrogen and oxygen atoms in total.